The molecule has 1 fully saturated rings. The molecule has 164 valence electrons. The maximum atomic E-state index is 12.8. The van der Waals surface area contributed by atoms with Crippen molar-refractivity contribution in [1.29, 1.82) is 0 Å². The van der Waals surface area contributed by atoms with E-state index in [1.807, 2.05) is 58.0 Å². The molecule has 8 nitrogen and oxygen atoms in total. The number of halogens is 1. The summed E-state index contributed by atoms with van der Waals surface area (Å²) in [6, 6.07) is 10.5. The number of amides is 2. The predicted octanol–water partition coefficient (Wildman–Crippen LogP) is 2.62. The summed E-state index contributed by atoms with van der Waals surface area (Å²) in [6.45, 7) is 8.88. The normalized spacial score (nSPS) is 17.5. The largest absolute Gasteiger partial charge is 0.416 e. The molecule has 3 rings (SSSR count). The lowest BCUT2D eigenvalue weighted by Gasteiger charge is -2.40. The molecular weight excluding hydrogens is 406 g/mol. The number of piperazine rings is 1. The van der Waals surface area contributed by atoms with E-state index >= 15 is 0 Å². The van der Waals surface area contributed by atoms with E-state index in [2.05, 4.69) is 5.10 Å². The van der Waals surface area contributed by atoms with E-state index in [0.29, 0.717) is 25.5 Å². The van der Waals surface area contributed by atoms with E-state index in [9.17, 15) is 9.59 Å². The van der Waals surface area contributed by atoms with Crippen molar-refractivity contribution in [2.45, 2.75) is 39.8 Å². The molecule has 0 bridgehead atoms. The molecule has 1 aromatic carbocycles. The molecule has 1 aromatic heterocycles. The second-order valence-corrected chi connectivity index (χ2v) is 7.84. The first-order chi connectivity index (χ1) is 13.8. The highest BCUT2D eigenvalue weighted by Gasteiger charge is 2.33. The van der Waals surface area contributed by atoms with Crippen molar-refractivity contribution in [2.24, 2.45) is 11.7 Å². The second kappa shape index (κ2) is 9.95. The van der Waals surface area contributed by atoms with E-state index in [4.69, 9.17) is 10.5 Å². The van der Waals surface area contributed by atoms with Crippen molar-refractivity contribution in [3.8, 4) is 11.6 Å². The number of nitrogens with zero attached hydrogens (tertiary/aromatic N) is 4. The molecule has 2 N–H and O–H groups in total. The van der Waals surface area contributed by atoms with Crippen LogP contribution in [-0.2, 0) is 4.79 Å². The number of aryl methyl sites for hydroxylation is 1. The average molecular weight is 436 g/mol. The summed E-state index contributed by atoms with van der Waals surface area (Å²) in [7, 11) is 0. The second-order valence-electron chi connectivity index (χ2n) is 7.84. The molecule has 0 saturated carbocycles. The van der Waals surface area contributed by atoms with Gasteiger partial charge in [-0.3, -0.25) is 4.79 Å². The summed E-state index contributed by atoms with van der Waals surface area (Å²) in [5, 5.41) is 4.42. The Morgan fingerprint density at radius 2 is 1.87 bits per heavy atom. The molecule has 2 heterocycles. The van der Waals surface area contributed by atoms with Crippen LogP contribution in [0.4, 0.5) is 4.79 Å². The van der Waals surface area contributed by atoms with Crippen molar-refractivity contribution in [3.63, 3.8) is 0 Å². The first kappa shape index (κ1) is 23.7. The van der Waals surface area contributed by atoms with Gasteiger partial charge in [-0.05, 0) is 31.9 Å². The Morgan fingerprint density at radius 3 is 2.47 bits per heavy atom. The topological polar surface area (TPSA) is 93.7 Å². The SMILES string of the molecule is Cc1cc(OC(=O)N2CCN(C(=O)C(N)C(C)C)C[C@@H]2C)n(-c2ccccc2)n1.Cl. The van der Waals surface area contributed by atoms with Crippen molar-refractivity contribution >= 4 is 24.4 Å². The van der Waals surface area contributed by atoms with Gasteiger partial charge in [0.25, 0.3) is 0 Å². The van der Waals surface area contributed by atoms with Gasteiger partial charge in [-0.25, -0.2) is 9.48 Å². The van der Waals surface area contributed by atoms with Crippen molar-refractivity contribution in [1.82, 2.24) is 19.6 Å². The standard InChI is InChI=1S/C21H29N5O3.ClH/c1-14(2)19(22)20(27)24-10-11-25(16(4)13-24)21(28)29-18-12-15(3)23-26(18)17-8-6-5-7-9-17;/h5-9,12,14,16,19H,10-11,13,22H2,1-4H3;1H/t16-,19?;/m0./s1. The van der Waals surface area contributed by atoms with Crippen LogP contribution in [-0.4, -0.2) is 63.3 Å². The van der Waals surface area contributed by atoms with Crippen LogP contribution in [0.5, 0.6) is 5.88 Å². The van der Waals surface area contributed by atoms with Crippen molar-refractivity contribution in [2.75, 3.05) is 19.6 Å². The van der Waals surface area contributed by atoms with Crippen molar-refractivity contribution in [3.05, 3.63) is 42.1 Å². The number of carbonyl (C=O) groups is 2. The zero-order valence-electron chi connectivity index (χ0n) is 17.8. The van der Waals surface area contributed by atoms with Crippen LogP contribution in [0, 0.1) is 12.8 Å². The lowest BCUT2D eigenvalue weighted by atomic mass is 10.0. The molecule has 30 heavy (non-hydrogen) atoms. The number of nitrogens with two attached hydrogens (primary N) is 1. The van der Waals surface area contributed by atoms with Crippen LogP contribution in [0.3, 0.4) is 0 Å². The van der Waals surface area contributed by atoms with Gasteiger partial charge in [-0.15, -0.1) is 12.4 Å². The van der Waals surface area contributed by atoms with Crippen LogP contribution >= 0.6 is 12.4 Å². The monoisotopic (exact) mass is 435 g/mol. The Labute approximate surface area is 183 Å². The van der Waals surface area contributed by atoms with Gasteiger partial charge in [-0.2, -0.15) is 5.10 Å². The third-order valence-electron chi connectivity index (χ3n) is 5.17. The number of ether oxygens (including phenoxy) is 1. The molecule has 2 aromatic rings. The number of benzene rings is 1. The number of carbonyl (C=O) groups excluding carboxylic acids is 2. The first-order valence-corrected chi connectivity index (χ1v) is 9.93. The predicted molar refractivity (Wildman–Crippen MR) is 117 cm³/mol. The van der Waals surface area contributed by atoms with Gasteiger partial charge in [0.1, 0.15) is 0 Å². The van der Waals surface area contributed by atoms with Gasteiger partial charge in [0.05, 0.1) is 17.4 Å². The molecule has 1 aliphatic heterocycles. The van der Waals surface area contributed by atoms with E-state index in [1.54, 1.807) is 20.5 Å². The molecule has 0 radical (unpaired) electrons. The summed E-state index contributed by atoms with van der Waals surface area (Å²) in [5.74, 6) is 0.367. The minimum Gasteiger partial charge on any atom is -0.391 e. The van der Waals surface area contributed by atoms with E-state index < -0.39 is 12.1 Å². The van der Waals surface area contributed by atoms with E-state index in [-0.39, 0.29) is 30.3 Å². The maximum Gasteiger partial charge on any atom is 0.416 e. The van der Waals surface area contributed by atoms with Crippen LogP contribution in [0.15, 0.2) is 36.4 Å². The minimum atomic E-state index is -0.524. The number of aromatic nitrogens is 2. The van der Waals surface area contributed by atoms with Crippen LogP contribution in [0.1, 0.15) is 26.5 Å². The van der Waals surface area contributed by atoms with Crippen molar-refractivity contribution < 1.29 is 14.3 Å². The van der Waals surface area contributed by atoms with E-state index in [0.717, 1.165) is 11.4 Å². The van der Waals surface area contributed by atoms with Crippen LogP contribution in [0.25, 0.3) is 5.69 Å². The lowest BCUT2D eigenvalue weighted by molar-refractivity contribution is -0.136. The van der Waals surface area contributed by atoms with Gasteiger partial charge in [-0.1, -0.05) is 32.0 Å². The highest BCUT2D eigenvalue weighted by molar-refractivity contribution is 5.85. The Balaban J connectivity index is 0.00000320. The smallest absolute Gasteiger partial charge is 0.391 e. The fraction of sp³-hybridized carbons (Fsp3) is 0.476. The molecule has 0 spiro atoms. The van der Waals surface area contributed by atoms with E-state index in [1.165, 1.54) is 0 Å². The Hall–Kier alpha value is -2.58. The average Bonchev–Trinajstić information content (AvgIpc) is 3.07. The molecular formula is C21H30ClN5O3. The fourth-order valence-electron chi connectivity index (χ4n) is 3.38. The summed E-state index contributed by atoms with van der Waals surface area (Å²) < 4.78 is 7.28. The summed E-state index contributed by atoms with van der Waals surface area (Å²) in [5.41, 5.74) is 7.57. The fourth-order valence-corrected chi connectivity index (χ4v) is 3.38. The number of hydrogen-bond donors (Lipinski definition) is 1. The van der Waals surface area contributed by atoms with Crippen LogP contribution in [0.2, 0.25) is 0 Å². The number of para-hydroxylation sites is 1. The zero-order valence-corrected chi connectivity index (χ0v) is 18.6. The number of hydrogen-bond acceptors (Lipinski definition) is 5. The molecule has 0 aliphatic carbocycles. The summed E-state index contributed by atoms with van der Waals surface area (Å²) in [4.78, 5) is 28.7. The maximum absolute atomic E-state index is 12.8. The van der Waals surface area contributed by atoms with Gasteiger partial charge in [0.15, 0.2) is 0 Å². The Kier molecular flexibility index (Phi) is 7.86. The molecule has 2 amide bonds. The summed E-state index contributed by atoms with van der Waals surface area (Å²) >= 11 is 0. The molecule has 1 saturated heterocycles. The molecule has 1 aliphatic rings. The van der Waals surface area contributed by atoms with Gasteiger partial charge < -0.3 is 20.3 Å². The number of rotatable bonds is 4. The highest BCUT2D eigenvalue weighted by Crippen LogP contribution is 2.21. The van der Waals surface area contributed by atoms with Crippen LogP contribution < -0.4 is 10.5 Å². The highest BCUT2D eigenvalue weighted by atomic mass is 35.5. The third-order valence-corrected chi connectivity index (χ3v) is 5.17. The third kappa shape index (κ3) is 5.12. The minimum absolute atomic E-state index is 0. The Bertz CT molecular complexity index is 871. The zero-order chi connectivity index (χ0) is 21.1. The quantitative estimate of drug-likeness (QED) is 0.796. The van der Waals surface area contributed by atoms with Gasteiger partial charge >= 0.3 is 6.09 Å². The molecule has 9 heteroatoms. The first-order valence-electron chi connectivity index (χ1n) is 9.93. The molecule has 2 atom stereocenters. The summed E-state index contributed by atoms with van der Waals surface area (Å²) in [6.07, 6.45) is -0.449. The van der Waals surface area contributed by atoms with Gasteiger partial charge in [0.2, 0.25) is 11.8 Å². The molecule has 1 unspecified atom stereocenters. The Morgan fingerprint density at radius 1 is 1.20 bits per heavy atom. The van der Waals surface area contributed by atoms with Gasteiger partial charge in [0, 0.05) is 31.7 Å². The lowest BCUT2D eigenvalue weighted by Crippen LogP contribution is -2.59.